The number of hydrogen-bond donors (Lipinski definition) is 2. The van der Waals surface area contributed by atoms with Crippen molar-refractivity contribution in [2.24, 2.45) is 5.73 Å². The summed E-state index contributed by atoms with van der Waals surface area (Å²) in [4.78, 5) is 20.6. The zero-order valence-corrected chi connectivity index (χ0v) is 13.7. The van der Waals surface area contributed by atoms with Crippen molar-refractivity contribution in [3.8, 4) is 0 Å². The fraction of sp³-hybridized carbons (Fsp3) is 0.500. The standard InChI is InChI=1S/C14H20N4OS2/c1-10-8-21-14(16-10)18-12(19)7-11-9-20-13(17-11)5-3-2-4-6-15/h8-9H,2-7,15H2,1H3,(H,16,18,19). The highest BCUT2D eigenvalue weighted by atomic mass is 32.1. The van der Waals surface area contributed by atoms with Crippen LogP contribution in [0.25, 0.3) is 0 Å². The Morgan fingerprint density at radius 3 is 2.81 bits per heavy atom. The van der Waals surface area contributed by atoms with Crippen LogP contribution < -0.4 is 11.1 Å². The number of nitrogens with two attached hydrogens (primary N) is 1. The topological polar surface area (TPSA) is 80.9 Å². The fourth-order valence-electron chi connectivity index (χ4n) is 1.88. The SMILES string of the molecule is Cc1csc(NC(=O)Cc2csc(CCCCCN)n2)n1. The maximum atomic E-state index is 11.9. The molecule has 0 fully saturated rings. The van der Waals surface area contributed by atoms with Gasteiger partial charge in [-0.15, -0.1) is 22.7 Å². The molecule has 0 radical (unpaired) electrons. The number of amides is 1. The van der Waals surface area contributed by atoms with Crippen LogP contribution in [0, 0.1) is 6.92 Å². The number of carbonyl (C=O) groups is 1. The first-order chi connectivity index (χ1) is 10.2. The first-order valence-corrected chi connectivity index (χ1v) is 8.78. The average Bonchev–Trinajstić information content (AvgIpc) is 3.04. The van der Waals surface area contributed by atoms with E-state index in [9.17, 15) is 4.79 Å². The third-order valence-corrected chi connectivity index (χ3v) is 4.73. The Labute approximate surface area is 132 Å². The number of nitrogens with zero attached hydrogens (tertiary/aromatic N) is 2. The second-order valence-corrected chi connectivity index (χ2v) is 6.65. The molecule has 0 spiro atoms. The number of aryl methyl sites for hydroxylation is 2. The fourth-order valence-corrected chi connectivity index (χ4v) is 3.43. The third kappa shape index (κ3) is 5.53. The van der Waals surface area contributed by atoms with Crippen LogP contribution in [0.15, 0.2) is 10.8 Å². The zero-order valence-electron chi connectivity index (χ0n) is 12.1. The number of aromatic nitrogens is 2. The molecule has 0 bridgehead atoms. The highest BCUT2D eigenvalue weighted by Gasteiger charge is 2.09. The van der Waals surface area contributed by atoms with Crippen LogP contribution in [0.4, 0.5) is 5.13 Å². The van der Waals surface area contributed by atoms with Gasteiger partial charge in [0.1, 0.15) is 0 Å². The van der Waals surface area contributed by atoms with E-state index in [2.05, 4.69) is 15.3 Å². The van der Waals surface area contributed by atoms with E-state index in [0.29, 0.717) is 11.6 Å². The van der Waals surface area contributed by atoms with Crippen molar-refractivity contribution >= 4 is 33.7 Å². The molecule has 2 heterocycles. The summed E-state index contributed by atoms with van der Waals surface area (Å²) in [5.74, 6) is -0.0654. The number of unbranched alkanes of at least 4 members (excludes halogenated alkanes) is 2. The van der Waals surface area contributed by atoms with Crippen molar-refractivity contribution in [2.45, 2.75) is 39.0 Å². The first-order valence-electron chi connectivity index (χ1n) is 7.02. The largest absolute Gasteiger partial charge is 0.330 e. The Morgan fingerprint density at radius 2 is 2.10 bits per heavy atom. The van der Waals surface area contributed by atoms with Crippen LogP contribution in [0.5, 0.6) is 0 Å². The Kier molecular flexibility index (Phi) is 6.28. The highest BCUT2D eigenvalue weighted by molar-refractivity contribution is 7.13. The molecular weight excluding hydrogens is 304 g/mol. The zero-order chi connectivity index (χ0) is 15.1. The van der Waals surface area contributed by atoms with Crippen LogP contribution in [0.1, 0.15) is 35.7 Å². The molecule has 0 aliphatic carbocycles. The molecule has 0 aliphatic heterocycles. The number of thiazole rings is 2. The lowest BCUT2D eigenvalue weighted by Crippen LogP contribution is -2.14. The summed E-state index contributed by atoms with van der Waals surface area (Å²) >= 11 is 3.06. The van der Waals surface area contributed by atoms with Gasteiger partial charge >= 0.3 is 0 Å². The molecule has 2 rings (SSSR count). The van der Waals surface area contributed by atoms with Crippen LogP contribution >= 0.6 is 22.7 Å². The van der Waals surface area contributed by atoms with Gasteiger partial charge < -0.3 is 11.1 Å². The minimum atomic E-state index is -0.0654. The lowest BCUT2D eigenvalue weighted by Gasteiger charge is -1.99. The van der Waals surface area contributed by atoms with Gasteiger partial charge in [0.2, 0.25) is 5.91 Å². The van der Waals surface area contributed by atoms with Crippen LogP contribution in [-0.2, 0) is 17.6 Å². The third-order valence-electron chi connectivity index (χ3n) is 2.90. The lowest BCUT2D eigenvalue weighted by atomic mass is 10.2. The molecule has 0 saturated carbocycles. The molecule has 2 aromatic rings. The Bertz CT molecular complexity index is 579. The van der Waals surface area contributed by atoms with Crippen molar-refractivity contribution < 1.29 is 4.79 Å². The van der Waals surface area contributed by atoms with E-state index < -0.39 is 0 Å². The molecule has 0 unspecified atom stereocenters. The summed E-state index contributed by atoms with van der Waals surface area (Å²) in [7, 11) is 0. The van der Waals surface area contributed by atoms with Crippen molar-refractivity contribution in [3.05, 3.63) is 27.2 Å². The molecule has 0 aliphatic rings. The number of rotatable bonds is 8. The number of carbonyl (C=O) groups excluding carboxylic acids is 1. The number of nitrogens with one attached hydrogen (secondary N) is 1. The summed E-state index contributed by atoms with van der Waals surface area (Å²) in [5.41, 5.74) is 7.22. The van der Waals surface area contributed by atoms with E-state index in [1.54, 1.807) is 11.3 Å². The van der Waals surface area contributed by atoms with Crippen molar-refractivity contribution in [2.75, 3.05) is 11.9 Å². The van der Waals surface area contributed by atoms with E-state index in [-0.39, 0.29) is 5.91 Å². The van der Waals surface area contributed by atoms with E-state index >= 15 is 0 Å². The summed E-state index contributed by atoms with van der Waals surface area (Å²) < 4.78 is 0. The maximum absolute atomic E-state index is 11.9. The summed E-state index contributed by atoms with van der Waals surface area (Å²) in [5, 5.41) is 8.42. The highest BCUT2D eigenvalue weighted by Crippen LogP contribution is 2.16. The van der Waals surface area contributed by atoms with Gasteiger partial charge in [0.05, 0.1) is 22.8 Å². The predicted molar refractivity (Wildman–Crippen MR) is 87.9 cm³/mol. The molecule has 0 saturated heterocycles. The molecule has 5 nitrogen and oxygen atoms in total. The molecule has 114 valence electrons. The van der Waals surface area contributed by atoms with Gasteiger partial charge in [-0.05, 0) is 32.7 Å². The minimum absolute atomic E-state index is 0.0654. The van der Waals surface area contributed by atoms with Gasteiger partial charge in [0.15, 0.2) is 5.13 Å². The summed E-state index contributed by atoms with van der Waals surface area (Å²) in [6.45, 7) is 2.66. The monoisotopic (exact) mass is 324 g/mol. The minimum Gasteiger partial charge on any atom is -0.330 e. The first kappa shape index (κ1) is 16.1. The molecule has 21 heavy (non-hydrogen) atoms. The van der Waals surface area contributed by atoms with Crippen LogP contribution in [0.3, 0.4) is 0 Å². The van der Waals surface area contributed by atoms with E-state index in [4.69, 9.17) is 5.73 Å². The molecule has 3 N–H and O–H groups in total. The smallest absolute Gasteiger partial charge is 0.232 e. The lowest BCUT2D eigenvalue weighted by molar-refractivity contribution is -0.115. The van der Waals surface area contributed by atoms with Crippen molar-refractivity contribution in [1.82, 2.24) is 9.97 Å². The normalized spacial score (nSPS) is 10.8. The molecule has 0 aromatic carbocycles. The van der Waals surface area contributed by atoms with Gasteiger partial charge in [-0.1, -0.05) is 6.42 Å². The Balaban J connectivity index is 1.77. The molecule has 0 atom stereocenters. The second-order valence-electron chi connectivity index (χ2n) is 4.85. The average molecular weight is 324 g/mol. The van der Waals surface area contributed by atoms with Crippen LogP contribution in [-0.4, -0.2) is 22.4 Å². The molecule has 2 aromatic heterocycles. The van der Waals surface area contributed by atoms with Gasteiger partial charge in [-0.25, -0.2) is 9.97 Å². The van der Waals surface area contributed by atoms with Gasteiger partial charge in [0, 0.05) is 10.8 Å². The van der Waals surface area contributed by atoms with Crippen molar-refractivity contribution in [3.63, 3.8) is 0 Å². The molecular formula is C14H20N4OS2. The van der Waals surface area contributed by atoms with E-state index in [0.717, 1.165) is 48.6 Å². The molecule has 1 amide bonds. The number of anilines is 1. The molecule has 7 heteroatoms. The summed E-state index contributed by atoms with van der Waals surface area (Å²) in [6.07, 6.45) is 4.58. The quantitative estimate of drug-likeness (QED) is 0.732. The summed E-state index contributed by atoms with van der Waals surface area (Å²) in [6, 6.07) is 0. The van der Waals surface area contributed by atoms with Crippen LogP contribution in [0.2, 0.25) is 0 Å². The second kappa shape index (κ2) is 8.21. The van der Waals surface area contributed by atoms with Gasteiger partial charge in [-0.3, -0.25) is 4.79 Å². The Morgan fingerprint density at radius 1 is 1.24 bits per heavy atom. The van der Waals surface area contributed by atoms with Crippen molar-refractivity contribution in [1.29, 1.82) is 0 Å². The van der Waals surface area contributed by atoms with Gasteiger partial charge in [0.25, 0.3) is 0 Å². The predicted octanol–water partition coefficient (Wildman–Crippen LogP) is 2.76. The van der Waals surface area contributed by atoms with E-state index in [1.807, 2.05) is 17.7 Å². The van der Waals surface area contributed by atoms with E-state index in [1.165, 1.54) is 11.3 Å². The Hall–Kier alpha value is -1.31. The maximum Gasteiger partial charge on any atom is 0.232 e. The van der Waals surface area contributed by atoms with Gasteiger partial charge in [-0.2, -0.15) is 0 Å². The number of hydrogen-bond acceptors (Lipinski definition) is 6.